The minimum atomic E-state index is -0.114. The van der Waals surface area contributed by atoms with Gasteiger partial charge < -0.3 is 14.2 Å². The third-order valence-electron chi connectivity index (χ3n) is 21.1. The predicted molar refractivity (Wildman–Crippen MR) is 337 cm³/mol. The highest BCUT2D eigenvalue weighted by molar-refractivity contribution is 7.01. The summed E-state index contributed by atoms with van der Waals surface area (Å²) in [4.78, 5) is 5.44. The summed E-state index contributed by atoms with van der Waals surface area (Å²) in [5.41, 5.74) is 33.2. The van der Waals surface area contributed by atoms with Gasteiger partial charge >= 0.3 is 0 Å². The highest BCUT2D eigenvalue weighted by Gasteiger charge is 2.48. The summed E-state index contributed by atoms with van der Waals surface area (Å²) < 4.78 is 7.66. The fourth-order valence-corrected chi connectivity index (χ4v) is 15.9. The van der Waals surface area contributed by atoms with E-state index in [1.807, 2.05) is 0 Å². The molecule has 3 nitrogen and oxygen atoms in total. The second kappa shape index (κ2) is 16.5. The van der Waals surface area contributed by atoms with Gasteiger partial charge in [0.2, 0.25) is 0 Å². The molecule has 0 fully saturated rings. The molecular weight excluding hydrogens is 944 g/mol. The molecule has 0 N–H and O–H groups in total. The molecular formula is C74H85BN2O. The van der Waals surface area contributed by atoms with Gasteiger partial charge in [0.15, 0.2) is 0 Å². The normalized spacial score (nSPS) is 19.6. The Labute approximate surface area is 468 Å². The molecule has 0 atom stereocenters. The minimum absolute atomic E-state index is 0.0192. The highest BCUT2D eigenvalue weighted by atomic mass is 16.3. The van der Waals surface area contributed by atoms with Crippen molar-refractivity contribution in [2.24, 2.45) is 0 Å². The van der Waals surface area contributed by atoms with Crippen LogP contribution in [0.15, 0.2) is 95.4 Å². The van der Waals surface area contributed by atoms with E-state index in [0.717, 1.165) is 30.4 Å². The lowest BCUT2D eigenvalue weighted by atomic mass is 9.33. The lowest BCUT2D eigenvalue weighted by molar-refractivity contribution is 0.332. The van der Waals surface area contributed by atoms with Crippen molar-refractivity contribution in [2.75, 3.05) is 9.80 Å². The summed E-state index contributed by atoms with van der Waals surface area (Å²) >= 11 is 0. The van der Waals surface area contributed by atoms with E-state index in [0.29, 0.717) is 5.92 Å². The van der Waals surface area contributed by atoms with E-state index < -0.39 is 0 Å². The average Bonchev–Trinajstić information content (AvgIpc) is 2.46. The van der Waals surface area contributed by atoms with Gasteiger partial charge in [0.25, 0.3) is 6.71 Å². The summed E-state index contributed by atoms with van der Waals surface area (Å²) in [6.45, 7) is 45.8. The molecule has 7 aromatic carbocycles. The summed E-state index contributed by atoms with van der Waals surface area (Å²) in [6, 6.07) is 37.8. The Morgan fingerprint density at radius 1 is 0.410 bits per heavy atom. The molecule has 4 heteroatoms. The fourth-order valence-electron chi connectivity index (χ4n) is 15.9. The predicted octanol–water partition coefficient (Wildman–Crippen LogP) is 19.0. The fraction of sp³-hybridized carbons (Fsp3) is 0.432. The standard InChI is InChI=1S/C74H85BN2O/c1-41(2)47-20-22-57-61(34-47)77(60-39-55-52(33-44(60)5)70(10,11)25-28-73(55,16)17)63-36-48(65-45(6)30-42(3)31-46(65)7)35-62-66(63)75(57)67-58(76(62)59-38-54-51(32-43(59)4)69(8,9)24-27-72(54,14)15)23-21-49-50-37-53-56(40-64(50)78-68(49)67)74(18,19)29-26-71(53,12)13/h20-23,30-41H,24-29H2,1-19H3. The zero-order valence-corrected chi connectivity index (χ0v) is 50.9. The monoisotopic (exact) mass is 1030 g/mol. The lowest BCUT2D eigenvalue weighted by Crippen LogP contribution is -2.61. The summed E-state index contributed by atoms with van der Waals surface area (Å²) in [5.74, 6) is 0.347. The van der Waals surface area contributed by atoms with Crippen LogP contribution in [0.25, 0.3) is 33.1 Å². The Kier molecular flexibility index (Phi) is 10.9. The molecule has 0 saturated carbocycles. The smallest absolute Gasteiger partial charge is 0.257 e. The van der Waals surface area contributed by atoms with Gasteiger partial charge in [0, 0.05) is 44.9 Å². The average molecular weight is 1030 g/mol. The Morgan fingerprint density at radius 3 is 1.35 bits per heavy atom. The van der Waals surface area contributed by atoms with Crippen molar-refractivity contribution in [2.45, 2.75) is 208 Å². The molecule has 1 aromatic heterocycles. The van der Waals surface area contributed by atoms with E-state index in [-0.39, 0.29) is 39.2 Å². The van der Waals surface area contributed by atoms with E-state index in [1.165, 1.54) is 158 Å². The van der Waals surface area contributed by atoms with Crippen LogP contribution < -0.4 is 26.2 Å². The van der Waals surface area contributed by atoms with Crippen molar-refractivity contribution >= 4 is 79.2 Å². The van der Waals surface area contributed by atoms with Crippen LogP contribution >= 0.6 is 0 Å². The molecule has 0 spiro atoms. The van der Waals surface area contributed by atoms with E-state index in [4.69, 9.17) is 4.42 Å². The summed E-state index contributed by atoms with van der Waals surface area (Å²) in [5, 5.41) is 2.44. The second-order valence-electron chi connectivity index (χ2n) is 29.8. The van der Waals surface area contributed by atoms with Crippen LogP contribution in [-0.2, 0) is 32.5 Å². The van der Waals surface area contributed by atoms with Gasteiger partial charge in [-0.15, -0.1) is 0 Å². The molecule has 0 unspecified atom stereocenters. The largest absolute Gasteiger partial charge is 0.457 e. The molecule has 0 amide bonds. The molecule has 0 radical (unpaired) electrons. The van der Waals surface area contributed by atoms with Gasteiger partial charge in [-0.25, -0.2) is 0 Å². The Morgan fingerprint density at radius 2 is 0.859 bits per heavy atom. The Hall–Kier alpha value is -6.00. The summed E-state index contributed by atoms with van der Waals surface area (Å²) in [7, 11) is 0. The van der Waals surface area contributed by atoms with Gasteiger partial charge in [0.05, 0.1) is 0 Å². The van der Waals surface area contributed by atoms with Crippen molar-refractivity contribution in [3.63, 3.8) is 0 Å². The molecule has 2 aliphatic heterocycles. The zero-order valence-electron chi connectivity index (χ0n) is 50.9. The summed E-state index contributed by atoms with van der Waals surface area (Å²) in [6.07, 6.45) is 7.00. The van der Waals surface area contributed by atoms with Crippen LogP contribution in [0, 0.1) is 34.6 Å². The first-order valence-corrected chi connectivity index (χ1v) is 29.9. The van der Waals surface area contributed by atoms with Crippen LogP contribution in [0.4, 0.5) is 34.1 Å². The van der Waals surface area contributed by atoms with Crippen LogP contribution in [-0.4, -0.2) is 6.71 Å². The maximum atomic E-state index is 7.66. The first kappa shape index (κ1) is 51.4. The first-order valence-electron chi connectivity index (χ1n) is 29.9. The topological polar surface area (TPSA) is 19.6 Å². The van der Waals surface area contributed by atoms with Crippen molar-refractivity contribution < 1.29 is 4.42 Å². The van der Waals surface area contributed by atoms with Gasteiger partial charge in [-0.2, -0.15) is 0 Å². The zero-order chi connectivity index (χ0) is 55.5. The van der Waals surface area contributed by atoms with Crippen molar-refractivity contribution in [1.29, 1.82) is 0 Å². The molecule has 0 saturated heterocycles. The number of anilines is 6. The van der Waals surface area contributed by atoms with E-state index in [2.05, 4.69) is 232 Å². The molecule has 8 aromatic rings. The maximum absolute atomic E-state index is 7.66. The number of fused-ring (bicyclic) bond motifs is 11. The molecule has 3 aliphatic carbocycles. The number of hydrogen-bond acceptors (Lipinski definition) is 3. The van der Waals surface area contributed by atoms with Gasteiger partial charge in [-0.3, -0.25) is 0 Å². The van der Waals surface area contributed by atoms with Crippen LogP contribution in [0.5, 0.6) is 0 Å². The third kappa shape index (κ3) is 7.35. The molecule has 400 valence electrons. The number of hydrogen-bond donors (Lipinski definition) is 0. The molecule has 78 heavy (non-hydrogen) atoms. The lowest BCUT2D eigenvalue weighted by Gasteiger charge is -2.47. The Bertz CT molecular complexity index is 3900. The number of furan rings is 1. The number of rotatable bonds is 4. The number of benzene rings is 7. The van der Waals surface area contributed by atoms with Crippen molar-refractivity contribution in [3.8, 4) is 11.1 Å². The van der Waals surface area contributed by atoms with E-state index in [9.17, 15) is 0 Å². The van der Waals surface area contributed by atoms with E-state index in [1.54, 1.807) is 0 Å². The van der Waals surface area contributed by atoms with Gasteiger partial charge in [-0.1, -0.05) is 139 Å². The van der Waals surface area contributed by atoms with Crippen LogP contribution in [0.2, 0.25) is 0 Å². The van der Waals surface area contributed by atoms with Gasteiger partial charge in [0.1, 0.15) is 11.2 Å². The quantitative estimate of drug-likeness (QED) is 0.164. The first-order chi connectivity index (χ1) is 36.5. The van der Waals surface area contributed by atoms with Crippen molar-refractivity contribution in [3.05, 3.63) is 158 Å². The third-order valence-corrected chi connectivity index (χ3v) is 21.1. The van der Waals surface area contributed by atoms with Crippen LogP contribution in [0.1, 0.15) is 208 Å². The van der Waals surface area contributed by atoms with Gasteiger partial charge in [-0.05, 0) is 255 Å². The molecule has 3 heterocycles. The minimum Gasteiger partial charge on any atom is -0.457 e. The molecule has 13 rings (SSSR count). The Balaban J connectivity index is 1.21. The SMILES string of the molecule is Cc1cc(C)c(-c2cc3c4c(c2)N(c2cc5c(cc2C)C(C)(C)CCC5(C)C)c2ccc5c(oc6cc7c(cc65)C(C)(C)CCC7(C)C)c2B4c2ccc(C(C)C)cc2N3c2cc3c(cc2C)C(C)(C)CCC3(C)C)c(C)c1. The highest BCUT2D eigenvalue weighted by Crippen LogP contribution is 2.56. The number of nitrogens with zero attached hydrogens (tertiary/aromatic N) is 2. The number of aryl methyl sites for hydroxylation is 5. The van der Waals surface area contributed by atoms with Crippen LogP contribution in [0.3, 0.4) is 0 Å². The molecule has 0 bridgehead atoms. The molecule has 5 aliphatic rings. The van der Waals surface area contributed by atoms with Crippen molar-refractivity contribution in [1.82, 2.24) is 0 Å². The van der Waals surface area contributed by atoms with E-state index >= 15 is 0 Å². The maximum Gasteiger partial charge on any atom is 0.257 e. The second-order valence-corrected chi connectivity index (χ2v) is 29.8.